The van der Waals surface area contributed by atoms with Crippen LogP contribution < -0.4 is 14.8 Å². The van der Waals surface area contributed by atoms with Crippen molar-refractivity contribution in [1.29, 1.82) is 0 Å². The van der Waals surface area contributed by atoms with Gasteiger partial charge in [0.15, 0.2) is 0 Å². The lowest BCUT2D eigenvalue weighted by atomic mass is 10.1. The number of aromatic carboxylic acids is 1. The van der Waals surface area contributed by atoms with E-state index in [1.165, 1.54) is 0 Å². The smallest absolute Gasteiger partial charge is 0.352 e. The zero-order valence-corrected chi connectivity index (χ0v) is 19.1. The van der Waals surface area contributed by atoms with Gasteiger partial charge in [0, 0.05) is 36.1 Å². The lowest BCUT2D eigenvalue weighted by molar-refractivity contribution is 0.0684. The van der Waals surface area contributed by atoms with Gasteiger partial charge in [-0.3, -0.25) is 0 Å². The average Bonchev–Trinajstić information content (AvgIpc) is 3.12. The van der Waals surface area contributed by atoms with Crippen LogP contribution in [-0.2, 0) is 19.6 Å². The van der Waals surface area contributed by atoms with Crippen LogP contribution in [0.4, 0.5) is 0 Å². The number of aryl methyl sites for hydroxylation is 1. The van der Waals surface area contributed by atoms with Crippen molar-refractivity contribution in [3.05, 3.63) is 94.7 Å². The van der Waals surface area contributed by atoms with Gasteiger partial charge < -0.3 is 24.5 Å². The maximum absolute atomic E-state index is 12.4. The van der Waals surface area contributed by atoms with Crippen molar-refractivity contribution >= 4 is 16.9 Å². The normalized spacial score (nSPS) is 11.0. The van der Waals surface area contributed by atoms with E-state index in [0.717, 1.165) is 44.7 Å². The number of nitrogens with zero attached hydrogens (tertiary/aromatic N) is 1. The number of hydrogen-bond donors (Lipinski definition) is 2. The highest BCUT2D eigenvalue weighted by Crippen LogP contribution is 2.29. The van der Waals surface area contributed by atoms with Crippen molar-refractivity contribution in [2.24, 2.45) is 0 Å². The van der Waals surface area contributed by atoms with Crippen molar-refractivity contribution in [2.75, 3.05) is 14.2 Å². The van der Waals surface area contributed by atoms with E-state index < -0.39 is 5.97 Å². The fourth-order valence-electron chi connectivity index (χ4n) is 4.11. The molecule has 170 valence electrons. The van der Waals surface area contributed by atoms with Gasteiger partial charge in [-0.15, -0.1) is 0 Å². The summed E-state index contributed by atoms with van der Waals surface area (Å²) in [5.41, 5.74) is 5.23. The van der Waals surface area contributed by atoms with Gasteiger partial charge in [-0.2, -0.15) is 0 Å². The molecule has 2 N–H and O–H groups in total. The van der Waals surface area contributed by atoms with Crippen LogP contribution >= 0.6 is 0 Å². The number of carboxylic acids is 1. The highest BCUT2D eigenvalue weighted by molar-refractivity contribution is 5.98. The number of hydrogen-bond acceptors (Lipinski definition) is 4. The Hall–Kier alpha value is -3.77. The van der Waals surface area contributed by atoms with Crippen molar-refractivity contribution in [2.45, 2.75) is 26.6 Å². The summed E-state index contributed by atoms with van der Waals surface area (Å²) in [6.07, 6.45) is 0. The molecule has 0 aliphatic heterocycles. The summed E-state index contributed by atoms with van der Waals surface area (Å²) in [6, 6.07) is 21.7. The summed E-state index contributed by atoms with van der Waals surface area (Å²) in [6.45, 7) is 3.55. The van der Waals surface area contributed by atoms with Gasteiger partial charge in [0.05, 0.1) is 14.2 Å². The summed E-state index contributed by atoms with van der Waals surface area (Å²) in [5, 5.41) is 14.5. The van der Waals surface area contributed by atoms with Crippen molar-refractivity contribution in [1.82, 2.24) is 9.88 Å². The molecule has 0 saturated carbocycles. The van der Waals surface area contributed by atoms with Gasteiger partial charge in [0.2, 0.25) is 0 Å². The molecular weight excluding hydrogens is 416 g/mol. The molecule has 4 rings (SSSR count). The number of benzene rings is 3. The molecule has 33 heavy (non-hydrogen) atoms. The van der Waals surface area contributed by atoms with Crippen molar-refractivity contribution in [3.8, 4) is 11.5 Å². The molecule has 4 aromatic rings. The maximum atomic E-state index is 12.4. The Balaban J connectivity index is 1.67. The Morgan fingerprint density at radius 3 is 2.06 bits per heavy atom. The monoisotopic (exact) mass is 444 g/mol. The van der Waals surface area contributed by atoms with Crippen LogP contribution in [0.3, 0.4) is 0 Å². The van der Waals surface area contributed by atoms with E-state index in [0.29, 0.717) is 25.3 Å². The van der Waals surface area contributed by atoms with Gasteiger partial charge >= 0.3 is 5.97 Å². The Bertz CT molecular complexity index is 1260. The van der Waals surface area contributed by atoms with E-state index in [1.54, 1.807) is 14.2 Å². The lowest BCUT2D eigenvalue weighted by Gasteiger charge is -2.11. The highest BCUT2D eigenvalue weighted by Gasteiger charge is 2.22. The van der Waals surface area contributed by atoms with Crippen LogP contribution in [0.25, 0.3) is 10.9 Å². The molecule has 0 fully saturated rings. The summed E-state index contributed by atoms with van der Waals surface area (Å²) < 4.78 is 12.4. The molecule has 6 nitrogen and oxygen atoms in total. The Morgan fingerprint density at radius 2 is 1.48 bits per heavy atom. The van der Waals surface area contributed by atoms with Crippen LogP contribution in [0, 0.1) is 6.92 Å². The zero-order valence-electron chi connectivity index (χ0n) is 19.1. The SMILES string of the molecule is COc1ccc(CNCc2c(C(=O)O)n(Cc3ccc(OC)cc3)c3cc(C)ccc23)cc1. The van der Waals surface area contributed by atoms with Gasteiger partial charge in [-0.1, -0.05) is 36.4 Å². The third-order valence-electron chi connectivity index (χ3n) is 5.82. The van der Waals surface area contributed by atoms with E-state index in [2.05, 4.69) is 11.4 Å². The Morgan fingerprint density at radius 1 is 0.879 bits per heavy atom. The molecule has 6 heteroatoms. The maximum Gasteiger partial charge on any atom is 0.352 e. The van der Waals surface area contributed by atoms with Crippen LogP contribution in [-0.4, -0.2) is 29.9 Å². The van der Waals surface area contributed by atoms with E-state index in [-0.39, 0.29) is 0 Å². The third-order valence-corrected chi connectivity index (χ3v) is 5.82. The van der Waals surface area contributed by atoms with Gasteiger partial charge in [0.1, 0.15) is 17.2 Å². The average molecular weight is 445 g/mol. The minimum absolute atomic E-state index is 0.314. The predicted molar refractivity (Wildman–Crippen MR) is 129 cm³/mol. The second kappa shape index (κ2) is 9.79. The molecule has 3 aromatic carbocycles. The van der Waals surface area contributed by atoms with Crippen LogP contribution in [0.1, 0.15) is 32.7 Å². The fraction of sp³-hybridized carbons (Fsp3) is 0.222. The number of ether oxygens (including phenoxy) is 2. The molecule has 0 saturated heterocycles. The van der Waals surface area contributed by atoms with Crippen molar-refractivity contribution < 1.29 is 19.4 Å². The molecule has 0 amide bonds. The van der Waals surface area contributed by atoms with Crippen LogP contribution in [0.2, 0.25) is 0 Å². The molecular formula is C27H28N2O4. The number of carbonyl (C=O) groups is 1. The Kier molecular flexibility index (Phi) is 6.66. The molecule has 1 aromatic heterocycles. The minimum Gasteiger partial charge on any atom is -0.497 e. The number of carboxylic acid groups (broad SMARTS) is 1. The van der Waals surface area contributed by atoms with E-state index in [1.807, 2.05) is 72.2 Å². The van der Waals surface area contributed by atoms with Crippen molar-refractivity contribution in [3.63, 3.8) is 0 Å². The topological polar surface area (TPSA) is 72.7 Å². The Labute approximate surface area is 193 Å². The fourth-order valence-corrected chi connectivity index (χ4v) is 4.11. The number of rotatable bonds is 9. The van der Waals surface area contributed by atoms with E-state index >= 15 is 0 Å². The first-order valence-corrected chi connectivity index (χ1v) is 10.8. The molecule has 0 aliphatic rings. The molecule has 0 spiro atoms. The molecule has 1 heterocycles. The molecule has 0 radical (unpaired) electrons. The van der Waals surface area contributed by atoms with E-state index in [9.17, 15) is 9.90 Å². The second-order valence-corrected chi connectivity index (χ2v) is 8.04. The number of fused-ring (bicyclic) bond motifs is 1. The van der Waals surface area contributed by atoms with E-state index in [4.69, 9.17) is 9.47 Å². The van der Waals surface area contributed by atoms with Crippen LogP contribution in [0.15, 0.2) is 66.7 Å². The van der Waals surface area contributed by atoms with Gasteiger partial charge in [0.25, 0.3) is 0 Å². The molecule has 0 aliphatic carbocycles. The minimum atomic E-state index is -0.932. The second-order valence-electron chi connectivity index (χ2n) is 8.04. The highest BCUT2D eigenvalue weighted by atomic mass is 16.5. The van der Waals surface area contributed by atoms with Crippen LogP contribution in [0.5, 0.6) is 11.5 Å². The first-order chi connectivity index (χ1) is 16.0. The first-order valence-electron chi connectivity index (χ1n) is 10.8. The summed E-state index contributed by atoms with van der Waals surface area (Å²) in [7, 11) is 3.27. The zero-order chi connectivity index (χ0) is 23.4. The predicted octanol–water partition coefficient (Wildman–Crippen LogP) is 5.00. The van der Waals surface area contributed by atoms with Gasteiger partial charge in [-0.25, -0.2) is 4.79 Å². The third kappa shape index (κ3) is 4.86. The standard InChI is InChI=1S/C27H28N2O4/c1-18-4-13-23-24(16-28-15-19-5-9-21(32-2)10-6-19)26(27(30)31)29(25(23)14-18)17-20-7-11-22(33-3)12-8-20/h4-14,28H,15-17H2,1-3H3,(H,30,31). The summed E-state index contributed by atoms with van der Waals surface area (Å²) in [4.78, 5) is 12.4. The number of methoxy groups -OCH3 is 2. The summed E-state index contributed by atoms with van der Waals surface area (Å²) >= 11 is 0. The first kappa shape index (κ1) is 22.4. The number of nitrogens with one attached hydrogen (secondary N) is 1. The number of aromatic nitrogens is 1. The molecule has 0 bridgehead atoms. The summed E-state index contributed by atoms with van der Waals surface area (Å²) in [5.74, 6) is 0.649. The largest absolute Gasteiger partial charge is 0.497 e. The molecule has 0 atom stereocenters. The quantitative estimate of drug-likeness (QED) is 0.380. The lowest BCUT2D eigenvalue weighted by Crippen LogP contribution is -2.17. The van der Waals surface area contributed by atoms with Gasteiger partial charge in [-0.05, 0) is 53.9 Å². The molecule has 0 unspecified atom stereocenters.